The summed E-state index contributed by atoms with van der Waals surface area (Å²) in [6.45, 7) is 2.39. The molecule has 2 aromatic heterocycles. The molecular formula is C14H15N3O2S. The first kappa shape index (κ1) is 14.4. The number of amides is 1. The molecule has 0 saturated heterocycles. The molecule has 2 heterocycles. The summed E-state index contributed by atoms with van der Waals surface area (Å²) in [6, 6.07) is 4.02. The van der Waals surface area contributed by atoms with Crippen LogP contribution in [0.5, 0.6) is 0 Å². The SMILES string of the molecule is CCc1cc(-c2nc(C=CCONC=O)cs2)ccn1. The first-order valence-electron chi connectivity index (χ1n) is 6.21. The van der Waals surface area contributed by atoms with Gasteiger partial charge >= 0.3 is 0 Å². The van der Waals surface area contributed by atoms with Crippen LogP contribution in [0.4, 0.5) is 0 Å². The van der Waals surface area contributed by atoms with Gasteiger partial charge in [0.1, 0.15) is 5.01 Å². The van der Waals surface area contributed by atoms with Gasteiger partial charge in [-0.15, -0.1) is 11.3 Å². The molecule has 0 aromatic carbocycles. The molecule has 0 saturated carbocycles. The summed E-state index contributed by atoms with van der Waals surface area (Å²) in [7, 11) is 0. The average Bonchev–Trinajstić information content (AvgIpc) is 2.96. The van der Waals surface area contributed by atoms with Gasteiger partial charge in [-0.05, 0) is 24.6 Å². The summed E-state index contributed by atoms with van der Waals surface area (Å²) >= 11 is 1.59. The zero-order chi connectivity index (χ0) is 14.2. The Bertz CT molecular complexity index is 596. The fourth-order valence-corrected chi connectivity index (χ4v) is 2.38. The van der Waals surface area contributed by atoms with Crippen molar-refractivity contribution >= 4 is 23.8 Å². The number of hydrogen-bond acceptors (Lipinski definition) is 5. The van der Waals surface area contributed by atoms with Crippen LogP contribution < -0.4 is 5.48 Å². The molecule has 0 aliphatic heterocycles. The number of rotatable bonds is 7. The maximum atomic E-state index is 9.97. The summed E-state index contributed by atoms with van der Waals surface area (Å²) in [5.41, 5.74) is 5.13. The predicted molar refractivity (Wildman–Crippen MR) is 78.9 cm³/mol. The minimum absolute atomic E-state index is 0.306. The lowest BCUT2D eigenvalue weighted by Crippen LogP contribution is -2.10. The van der Waals surface area contributed by atoms with Gasteiger partial charge in [0, 0.05) is 22.8 Å². The van der Waals surface area contributed by atoms with Crippen molar-refractivity contribution in [1.29, 1.82) is 0 Å². The first-order valence-corrected chi connectivity index (χ1v) is 7.09. The van der Waals surface area contributed by atoms with Gasteiger partial charge in [-0.1, -0.05) is 13.0 Å². The van der Waals surface area contributed by atoms with E-state index in [9.17, 15) is 4.79 Å². The third-order valence-corrected chi connectivity index (χ3v) is 3.46. The van der Waals surface area contributed by atoms with E-state index in [1.165, 1.54) is 0 Å². The maximum Gasteiger partial charge on any atom is 0.230 e. The molecule has 20 heavy (non-hydrogen) atoms. The lowest BCUT2D eigenvalue weighted by molar-refractivity contribution is -0.119. The lowest BCUT2D eigenvalue weighted by atomic mass is 10.2. The Morgan fingerprint density at radius 2 is 2.40 bits per heavy atom. The highest BCUT2D eigenvalue weighted by Gasteiger charge is 2.04. The number of thiazole rings is 1. The summed E-state index contributed by atoms with van der Waals surface area (Å²) in [5.74, 6) is 0. The van der Waals surface area contributed by atoms with E-state index in [1.54, 1.807) is 17.4 Å². The van der Waals surface area contributed by atoms with Crippen LogP contribution in [0.15, 0.2) is 29.8 Å². The van der Waals surface area contributed by atoms with Crippen molar-refractivity contribution in [2.24, 2.45) is 0 Å². The molecule has 1 N–H and O–H groups in total. The van der Waals surface area contributed by atoms with Crippen LogP contribution in [0, 0.1) is 0 Å². The molecule has 0 spiro atoms. The van der Waals surface area contributed by atoms with E-state index < -0.39 is 0 Å². The third kappa shape index (κ3) is 3.97. The largest absolute Gasteiger partial charge is 0.277 e. The molecule has 6 heteroatoms. The topological polar surface area (TPSA) is 64.1 Å². The van der Waals surface area contributed by atoms with Crippen LogP contribution in [-0.2, 0) is 16.1 Å². The molecule has 1 amide bonds. The van der Waals surface area contributed by atoms with Crippen LogP contribution in [0.2, 0.25) is 0 Å². The van der Waals surface area contributed by atoms with Crippen molar-refractivity contribution in [2.45, 2.75) is 13.3 Å². The Kier molecular flexibility index (Phi) is 5.40. The van der Waals surface area contributed by atoms with E-state index in [-0.39, 0.29) is 0 Å². The fourth-order valence-electron chi connectivity index (χ4n) is 1.60. The molecule has 0 radical (unpaired) electrons. The number of carbonyl (C=O) groups excluding carboxylic acids is 1. The highest BCUT2D eigenvalue weighted by atomic mass is 32.1. The number of aromatic nitrogens is 2. The quantitative estimate of drug-likeness (QED) is 0.483. The monoisotopic (exact) mass is 289 g/mol. The van der Waals surface area contributed by atoms with Crippen LogP contribution in [0.1, 0.15) is 18.3 Å². The van der Waals surface area contributed by atoms with Gasteiger partial charge in [-0.3, -0.25) is 14.6 Å². The first-order chi connectivity index (χ1) is 9.83. The standard InChI is InChI=1S/C14H15N3O2S/c1-2-12-8-11(5-6-15-12)14-17-13(9-20-14)4-3-7-19-16-10-18/h3-6,8-10H,2,7H2,1H3,(H,16,18). The minimum atomic E-state index is 0.306. The minimum Gasteiger partial charge on any atom is -0.277 e. The normalized spacial score (nSPS) is 10.8. The van der Waals surface area contributed by atoms with Crippen molar-refractivity contribution in [2.75, 3.05) is 6.61 Å². The zero-order valence-electron chi connectivity index (χ0n) is 11.1. The summed E-state index contributed by atoms with van der Waals surface area (Å²) in [5, 5.41) is 2.94. The molecular weight excluding hydrogens is 274 g/mol. The number of nitrogens with one attached hydrogen (secondary N) is 1. The second-order valence-corrected chi connectivity index (χ2v) is 4.77. The van der Waals surface area contributed by atoms with Crippen molar-refractivity contribution in [3.8, 4) is 10.6 Å². The predicted octanol–water partition coefficient (Wildman–Crippen LogP) is 2.46. The second-order valence-electron chi connectivity index (χ2n) is 3.92. The molecule has 0 fully saturated rings. The van der Waals surface area contributed by atoms with Gasteiger partial charge in [0.2, 0.25) is 6.41 Å². The van der Waals surface area contributed by atoms with Gasteiger partial charge < -0.3 is 0 Å². The van der Waals surface area contributed by atoms with Gasteiger partial charge in [-0.2, -0.15) is 0 Å². The summed E-state index contributed by atoms with van der Waals surface area (Å²) in [4.78, 5) is 23.6. The average molecular weight is 289 g/mol. The Morgan fingerprint density at radius 3 is 3.20 bits per heavy atom. The van der Waals surface area contributed by atoms with E-state index in [2.05, 4.69) is 28.4 Å². The molecule has 104 valence electrons. The maximum absolute atomic E-state index is 9.97. The van der Waals surface area contributed by atoms with Crippen LogP contribution in [-0.4, -0.2) is 23.0 Å². The second kappa shape index (κ2) is 7.52. The van der Waals surface area contributed by atoms with E-state index in [4.69, 9.17) is 4.84 Å². The number of carbonyl (C=O) groups is 1. The summed E-state index contributed by atoms with van der Waals surface area (Å²) in [6.07, 6.45) is 6.86. The Hall–Kier alpha value is -2.05. The highest BCUT2D eigenvalue weighted by Crippen LogP contribution is 2.24. The van der Waals surface area contributed by atoms with E-state index in [0.29, 0.717) is 13.0 Å². The highest BCUT2D eigenvalue weighted by molar-refractivity contribution is 7.13. The van der Waals surface area contributed by atoms with Gasteiger partial charge in [0.05, 0.1) is 12.3 Å². The van der Waals surface area contributed by atoms with E-state index in [1.807, 2.05) is 23.7 Å². The van der Waals surface area contributed by atoms with Gasteiger partial charge in [0.25, 0.3) is 0 Å². The molecule has 2 aromatic rings. The van der Waals surface area contributed by atoms with Crippen LogP contribution >= 0.6 is 11.3 Å². The number of aryl methyl sites for hydroxylation is 1. The number of hydrogen-bond donors (Lipinski definition) is 1. The smallest absolute Gasteiger partial charge is 0.230 e. The molecule has 0 atom stereocenters. The molecule has 0 unspecified atom stereocenters. The zero-order valence-corrected chi connectivity index (χ0v) is 11.9. The molecule has 0 aliphatic carbocycles. The Labute approximate surface area is 121 Å². The molecule has 2 rings (SSSR count). The number of hydroxylamine groups is 1. The molecule has 0 bridgehead atoms. The van der Waals surface area contributed by atoms with Crippen molar-refractivity contribution in [1.82, 2.24) is 15.4 Å². The van der Waals surface area contributed by atoms with Crippen molar-refractivity contribution in [3.63, 3.8) is 0 Å². The van der Waals surface area contributed by atoms with Crippen molar-refractivity contribution in [3.05, 3.63) is 41.2 Å². The van der Waals surface area contributed by atoms with E-state index in [0.717, 1.165) is 28.4 Å². The molecule has 5 nitrogen and oxygen atoms in total. The number of nitrogens with zero attached hydrogens (tertiary/aromatic N) is 2. The Morgan fingerprint density at radius 1 is 1.50 bits per heavy atom. The van der Waals surface area contributed by atoms with Crippen LogP contribution in [0.25, 0.3) is 16.6 Å². The van der Waals surface area contributed by atoms with Crippen molar-refractivity contribution < 1.29 is 9.63 Å². The van der Waals surface area contributed by atoms with Gasteiger partial charge in [0.15, 0.2) is 0 Å². The Balaban J connectivity index is 2.02. The van der Waals surface area contributed by atoms with E-state index >= 15 is 0 Å². The lowest BCUT2D eigenvalue weighted by Gasteiger charge is -1.98. The summed E-state index contributed by atoms with van der Waals surface area (Å²) < 4.78 is 0. The third-order valence-electron chi connectivity index (χ3n) is 2.55. The van der Waals surface area contributed by atoms with Crippen LogP contribution in [0.3, 0.4) is 0 Å². The molecule has 0 aliphatic rings. The number of pyridine rings is 1. The van der Waals surface area contributed by atoms with Gasteiger partial charge in [-0.25, -0.2) is 10.5 Å². The fraction of sp³-hybridized carbons (Fsp3) is 0.214.